The van der Waals surface area contributed by atoms with E-state index in [4.69, 9.17) is 4.18 Å². The van der Waals surface area contributed by atoms with Gasteiger partial charge in [-0.15, -0.1) is 0 Å². The molecule has 0 aliphatic carbocycles. The molecule has 0 fully saturated rings. The lowest BCUT2D eigenvalue weighted by atomic mass is 10.2. The standard InChI is InChI=1S/C20H20N2O4S2/c1-15-6-10-17(11-7-15)21-27(23)26-19-4-3-5-20(14-19)28(24,25)22-18-12-8-16(2)9-13-18/h3-14,21-22H,1-2H3. The van der Waals surface area contributed by atoms with E-state index in [1.807, 2.05) is 38.1 Å². The third kappa shape index (κ3) is 5.34. The van der Waals surface area contributed by atoms with Crippen molar-refractivity contribution < 1.29 is 16.8 Å². The number of hydrogen-bond donors (Lipinski definition) is 2. The average molecular weight is 417 g/mol. The van der Waals surface area contributed by atoms with Crippen LogP contribution in [0.25, 0.3) is 0 Å². The number of anilines is 2. The molecule has 0 bridgehead atoms. The average Bonchev–Trinajstić information content (AvgIpc) is 2.65. The zero-order valence-electron chi connectivity index (χ0n) is 15.4. The molecular formula is C20H20N2O4S2. The summed E-state index contributed by atoms with van der Waals surface area (Å²) in [4.78, 5) is 0.0120. The fourth-order valence-corrected chi connectivity index (χ4v) is 4.10. The van der Waals surface area contributed by atoms with Gasteiger partial charge in [0.05, 0.1) is 4.90 Å². The highest BCUT2D eigenvalue weighted by Crippen LogP contribution is 2.22. The van der Waals surface area contributed by atoms with E-state index in [1.54, 1.807) is 30.3 Å². The molecule has 0 aliphatic heterocycles. The first kappa shape index (κ1) is 19.9. The van der Waals surface area contributed by atoms with E-state index in [0.717, 1.165) is 11.1 Å². The van der Waals surface area contributed by atoms with Crippen molar-refractivity contribution >= 4 is 32.7 Å². The summed E-state index contributed by atoms with van der Waals surface area (Å²) in [6.45, 7) is 3.87. The minimum absolute atomic E-state index is 0.0120. The molecule has 1 unspecified atom stereocenters. The van der Waals surface area contributed by atoms with Crippen molar-refractivity contribution in [2.45, 2.75) is 18.7 Å². The minimum Gasteiger partial charge on any atom is -0.385 e. The van der Waals surface area contributed by atoms with Gasteiger partial charge in [-0.1, -0.05) is 41.5 Å². The second-order valence-electron chi connectivity index (χ2n) is 6.23. The molecule has 0 amide bonds. The first-order valence-electron chi connectivity index (χ1n) is 8.45. The van der Waals surface area contributed by atoms with Gasteiger partial charge in [-0.25, -0.2) is 8.42 Å². The molecule has 0 heterocycles. The van der Waals surface area contributed by atoms with Gasteiger partial charge in [0.25, 0.3) is 10.0 Å². The Morgan fingerprint density at radius 2 is 1.39 bits per heavy atom. The molecule has 0 aromatic heterocycles. The van der Waals surface area contributed by atoms with Crippen LogP contribution in [0.3, 0.4) is 0 Å². The molecule has 146 valence electrons. The topological polar surface area (TPSA) is 84.5 Å². The third-order valence-corrected chi connectivity index (χ3v) is 5.97. The molecule has 1 atom stereocenters. The van der Waals surface area contributed by atoms with Crippen molar-refractivity contribution in [2.24, 2.45) is 0 Å². The number of aryl methyl sites for hydroxylation is 2. The van der Waals surface area contributed by atoms with Crippen LogP contribution in [0, 0.1) is 13.8 Å². The summed E-state index contributed by atoms with van der Waals surface area (Å²) in [5.41, 5.74) is 3.20. The van der Waals surface area contributed by atoms with E-state index in [-0.39, 0.29) is 10.6 Å². The minimum atomic E-state index is -3.80. The first-order valence-corrected chi connectivity index (χ1v) is 11.0. The molecule has 0 radical (unpaired) electrons. The van der Waals surface area contributed by atoms with Crippen LogP contribution in [0.5, 0.6) is 5.75 Å². The van der Waals surface area contributed by atoms with Crippen LogP contribution in [-0.4, -0.2) is 12.6 Å². The summed E-state index contributed by atoms with van der Waals surface area (Å²) in [6.07, 6.45) is 0. The summed E-state index contributed by atoms with van der Waals surface area (Å²) >= 11 is -1.87. The summed E-state index contributed by atoms with van der Waals surface area (Å²) in [5, 5.41) is 0. The van der Waals surface area contributed by atoms with E-state index in [9.17, 15) is 12.6 Å². The Bertz CT molecular complexity index is 1080. The van der Waals surface area contributed by atoms with Crippen LogP contribution in [0.1, 0.15) is 11.1 Å². The van der Waals surface area contributed by atoms with Gasteiger partial charge in [-0.3, -0.25) is 9.44 Å². The molecule has 6 nitrogen and oxygen atoms in total. The molecule has 0 spiro atoms. The van der Waals surface area contributed by atoms with E-state index in [0.29, 0.717) is 11.4 Å². The van der Waals surface area contributed by atoms with Crippen molar-refractivity contribution in [3.8, 4) is 5.75 Å². The summed E-state index contributed by atoms with van der Waals surface area (Å²) in [6, 6.07) is 20.2. The SMILES string of the molecule is Cc1ccc(NS(=O)Oc2cccc(S(=O)(=O)Nc3ccc(C)cc3)c2)cc1. The largest absolute Gasteiger partial charge is 0.385 e. The Hall–Kier alpha value is -2.84. The van der Waals surface area contributed by atoms with Gasteiger partial charge in [-0.2, -0.15) is 4.21 Å². The molecular weight excluding hydrogens is 396 g/mol. The van der Waals surface area contributed by atoms with Gasteiger partial charge >= 0.3 is 11.3 Å². The summed E-state index contributed by atoms with van der Waals surface area (Å²) in [7, 11) is -3.80. The van der Waals surface area contributed by atoms with E-state index in [1.165, 1.54) is 18.2 Å². The molecule has 3 aromatic carbocycles. The third-order valence-electron chi connectivity index (χ3n) is 3.84. The molecule has 0 aliphatic rings. The second-order valence-corrected chi connectivity index (χ2v) is 8.76. The quantitative estimate of drug-likeness (QED) is 0.605. The lowest BCUT2D eigenvalue weighted by molar-refractivity contribution is 0.564. The Kier molecular flexibility index (Phi) is 6.01. The van der Waals surface area contributed by atoms with Gasteiger partial charge in [0, 0.05) is 17.4 Å². The molecule has 0 saturated carbocycles. The normalized spacial score (nSPS) is 12.2. The van der Waals surface area contributed by atoms with E-state index < -0.39 is 21.3 Å². The number of benzene rings is 3. The predicted molar refractivity (Wildman–Crippen MR) is 112 cm³/mol. The van der Waals surface area contributed by atoms with Crippen LogP contribution in [0.15, 0.2) is 77.7 Å². The maximum Gasteiger partial charge on any atom is 0.316 e. The number of nitrogens with one attached hydrogen (secondary N) is 2. The maximum atomic E-state index is 12.6. The van der Waals surface area contributed by atoms with Crippen LogP contribution >= 0.6 is 0 Å². The van der Waals surface area contributed by atoms with Crippen molar-refractivity contribution in [2.75, 3.05) is 9.44 Å². The van der Waals surface area contributed by atoms with E-state index in [2.05, 4.69) is 9.44 Å². The number of rotatable bonds is 7. The molecule has 3 aromatic rings. The number of sulfonamides is 1. The van der Waals surface area contributed by atoms with Gasteiger partial charge in [0.15, 0.2) is 0 Å². The molecule has 8 heteroatoms. The Labute approximate surface area is 167 Å². The molecule has 0 saturated heterocycles. The van der Waals surface area contributed by atoms with Crippen LogP contribution in [0.4, 0.5) is 11.4 Å². The highest BCUT2D eigenvalue weighted by atomic mass is 32.2. The van der Waals surface area contributed by atoms with Gasteiger partial charge in [-0.05, 0) is 50.2 Å². The monoisotopic (exact) mass is 416 g/mol. The van der Waals surface area contributed by atoms with Gasteiger partial charge in [0.2, 0.25) is 0 Å². The number of hydrogen-bond acceptors (Lipinski definition) is 4. The van der Waals surface area contributed by atoms with Crippen molar-refractivity contribution in [3.63, 3.8) is 0 Å². The van der Waals surface area contributed by atoms with Gasteiger partial charge < -0.3 is 4.18 Å². The van der Waals surface area contributed by atoms with Gasteiger partial charge in [0.1, 0.15) is 5.75 Å². The molecule has 3 rings (SSSR count). The fraction of sp³-hybridized carbons (Fsp3) is 0.100. The highest BCUT2D eigenvalue weighted by Gasteiger charge is 2.16. The van der Waals surface area contributed by atoms with Crippen molar-refractivity contribution in [1.29, 1.82) is 0 Å². The lowest BCUT2D eigenvalue weighted by Crippen LogP contribution is -2.14. The summed E-state index contributed by atoms with van der Waals surface area (Å²) in [5.74, 6) is 0.171. The van der Waals surface area contributed by atoms with Crippen molar-refractivity contribution in [1.82, 2.24) is 0 Å². The first-order chi connectivity index (χ1) is 13.3. The smallest absolute Gasteiger partial charge is 0.316 e. The maximum absolute atomic E-state index is 12.6. The van der Waals surface area contributed by atoms with Crippen LogP contribution < -0.4 is 13.6 Å². The lowest BCUT2D eigenvalue weighted by Gasteiger charge is -2.11. The zero-order valence-corrected chi connectivity index (χ0v) is 17.0. The van der Waals surface area contributed by atoms with Crippen LogP contribution in [0.2, 0.25) is 0 Å². The highest BCUT2D eigenvalue weighted by molar-refractivity contribution is 7.92. The van der Waals surface area contributed by atoms with Crippen molar-refractivity contribution in [3.05, 3.63) is 83.9 Å². The molecule has 2 N–H and O–H groups in total. The van der Waals surface area contributed by atoms with E-state index >= 15 is 0 Å². The molecule has 28 heavy (non-hydrogen) atoms. The Morgan fingerprint density at radius 1 is 0.821 bits per heavy atom. The second kappa shape index (κ2) is 8.45. The predicted octanol–water partition coefficient (Wildman–Crippen LogP) is 4.17. The Morgan fingerprint density at radius 3 is 2.00 bits per heavy atom. The summed E-state index contributed by atoms with van der Waals surface area (Å²) < 4.78 is 47.9. The Balaban J connectivity index is 1.71. The van der Waals surface area contributed by atoms with Crippen LogP contribution in [-0.2, 0) is 21.3 Å². The fourth-order valence-electron chi connectivity index (χ4n) is 2.35. The zero-order chi connectivity index (χ0) is 20.1.